The van der Waals surface area contributed by atoms with Crippen LogP contribution >= 0.6 is 0 Å². The normalized spacial score (nSPS) is 16.7. The number of rotatable bonds is 7. The van der Waals surface area contributed by atoms with Crippen LogP contribution in [0.3, 0.4) is 0 Å². The van der Waals surface area contributed by atoms with Crippen LogP contribution in [-0.2, 0) is 22.5 Å². The first-order chi connectivity index (χ1) is 17.9. The summed E-state index contributed by atoms with van der Waals surface area (Å²) in [5.41, 5.74) is 9.78. The third-order valence-corrected chi connectivity index (χ3v) is 7.99. The van der Waals surface area contributed by atoms with Crippen molar-refractivity contribution < 1.29 is 19.4 Å². The SMILES string of the molecule is C=C1Cc2c(C)c([C@H](OC(C)(C)C)C(=O)O)c(-c3ccc4c(c3C)NCCO4)c(C)c2CN1C(C)CCC. The molecule has 1 unspecified atom stereocenters. The number of carboxylic acid groups (broad SMARTS) is 1. The Bertz CT molecular complexity index is 1260. The summed E-state index contributed by atoms with van der Waals surface area (Å²) in [5, 5.41) is 14.0. The highest BCUT2D eigenvalue weighted by Gasteiger charge is 2.36. The average molecular weight is 521 g/mol. The number of carbonyl (C=O) groups is 1. The number of nitrogens with zero attached hydrogens (tertiary/aromatic N) is 1. The number of benzene rings is 2. The van der Waals surface area contributed by atoms with Gasteiger partial charge in [0.2, 0.25) is 0 Å². The van der Waals surface area contributed by atoms with Gasteiger partial charge < -0.3 is 24.8 Å². The van der Waals surface area contributed by atoms with E-state index in [4.69, 9.17) is 9.47 Å². The highest BCUT2D eigenvalue weighted by atomic mass is 16.5. The van der Waals surface area contributed by atoms with Gasteiger partial charge in [-0.25, -0.2) is 4.79 Å². The monoisotopic (exact) mass is 520 g/mol. The van der Waals surface area contributed by atoms with Crippen LogP contribution in [0.5, 0.6) is 5.75 Å². The van der Waals surface area contributed by atoms with Crippen molar-refractivity contribution in [2.24, 2.45) is 0 Å². The van der Waals surface area contributed by atoms with E-state index in [2.05, 4.69) is 57.5 Å². The highest BCUT2D eigenvalue weighted by Crippen LogP contribution is 2.47. The summed E-state index contributed by atoms with van der Waals surface area (Å²) < 4.78 is 12.2. The van der Waals surface area contributed by atoms with Gasteiger partial charge in [0.15, 0.2) is 6.10 Å². The van der Waals surface area contributed by atoms with Gasteiger partial charge >= 0.3 is 5.97 Å². The predicted molar refractivity (Wildman–Crippen MR) is 154 cm³/mol. The Morgan fingerprint density at radius 2 is 1.89 bits per heavy atom. The molecule has 0 aliphatic carbocycles. The summed E-state index contributed by atoms with van der Waals surface area (Å²) in [4.78, 5) is 15.2. The van der Waals surface area contributed by atoms with Gasteiger partial charge in [-0.05, 0) is 99.9 Å². The molecule has 2 aliphatic rings. The summed E-state index contributed by atoms with van der Waals surface area (Å²) in [5.74, 6) is -0.142. The van der Waals surface area contributed by atoms with Crippen molar-refractivity contribution in [1.82, 2.24) is 4.90 Å². The number of ether oxygens (including phenoxy) is 2. The molecule has 206 valence electrons. The maximum atomic E-state index is 12.8. The lowest BCUT2D eigenvalue weighted by Gasteiger charge is -2.40. The molecule has 0 spiro atoms. The molecule has 0 amide bonds. The molecule has 0 radical (unpaired) electrons. The fraction of sp³-hybridized carbons (Fsp3) is 0.531. The number of hydrogen-bond donors (Lipinski definition) is 2. The van der Waals surface area contributed by atoms with Crippen LogP contribution in [0.2, 0.25) is 0 Å². The Morgan fingerprint density at radius 1 is 1.18 bits per heavy atom. The van der Waals surface area contributed by atoms with Crippen LogP contribution in [0.4, 0.5) is 5.69 Å². The first kappa shape index (κ1) is 28.0. The van der Waals surface area contributed by atoms with Gasteiger partial charge in [0.1, 0.15) is 12.4 Å². The topological polar surface area (TPSA) is 71.0 Å². The van der Waals surface area contributed by atoms with Crippen molar-refractivity contribution in [2.45, 2.75) is 98.9 Å². The molecule has 2 aromatic rings. The second-order valence-corrected chi connectivity index (χ2v) is 11.8. The van der Waals surface area contributed by atoms with E-state index in [-0.39, 0.29) is 0 Å². The lowest BCUT2D eigenvalue weighted by Crippen LogP contribution is -2.37. The second kappa shape index (κ2) is 10.6. The summed E-state index contributed by atoms with van der Waals surface area (Å²) in [6, 6.07) is 4.47. The molecular formula is C32H44N2O4. The summed E-state index contributed by atoms with van der Waals surface area (Å²) in [6.07, 6.45) is 1.84. The molecule has 0 aromatic heterocycles. The van der Waals surface area contributed by atoms with Gasteiger partial charge in [-0.1, -0.05) is 26.0 Å². The molecule has 2 N–H and O–H groups in total. The molecular weight excluding hydrogens is 476 g/mol. The molecule has 2 aliphatic heterocycles. The van der Waals surface area contributed by atoms with Crippen molar-refractivity contribution in [2.75, 3.05) is 18.5 Å². The number of hydrogen-bond acceptors (Lipinski definition) is 5. The number of carboxylic acids is 1. The quantitative estimate of drug-likeness (QED) is 0.406. The zero-order valence-corrected chi connectivity index (χ0v) is 24.4. The van der Waals surface area contributed by atoms with E-state index in [1.165, 1.54) is 11.1 Å². The lowest BCUT2D eigenvalue weighted by molar-refractivity contribution is -0.160. The molecule has 6 nitrogen and oxygen atoms in total. The third-order valence-electron chi connectivity index (χ3n) is 7.99. The van der Waals surface area contributed by atoms with Gasteiger partial charge in [-0.2, -0.15) is 0 Å². The minimum absolute atomic E-state index is 0.395. The smallest absolute Gasteiger partial charge is 0.337 e. The van der Waals surface area contributed by atoms with Crippen molar-refractivity contribution in [3.63, 3.8) is 0 Å². The summed E-state index contributed by atoms with van der Waals surface area (Å²) in [7, 11) is 0. The maximum Gasteiger partial charge on any atom is 0.337 e. The third kappa shape index (κ3) is 5.15. The minimum atomic E-state index is -1.10. The van der Waals surface area contributed by atoms with Crippen LogP contribution in [0.1, 0.15) is 86.9 Å². The molecule has 0 fully saturated rings. The van der Waals surface area contributed by atoms with E-state index >= 15 is 0 Å². The number of fused-ring (bicyclic) bond motifs is 2. The lowest BCUT2D eigenvalue weighted by atomic mass is 9.78. The molecule has 4 rings (SSSR count). The van der Waals surface area contributed by atoms with Crippen molar-refractivity contribution in [3.8, 4) is 16.9 Å². The van der Waals surface area contributed by atoms with E-state index in [9.17, 15) is 9.90 Å². The molecule has 2 aromatic carbocycles. The van der Waals surface area contributed by atoms with E-state index in [1.807, 2.05) is 26.8 Å². The van der Waals surface area contributed by atoms with Gasteiger partial charge in [0.05, 0.1) is 11.3 Å². The fourth-order valence-corrected chi connectivity index (χ4v) is 6.13. The molecule has 38 heavy (non-hydrogen) atoms. The summed E-state index contributed by atoms with van der Waals surface area (Å²) >= 11 is 0. The van der Waals surface area contributed by atoms with E-state index in [0.717, 1.165) is 76.4 Å². The van der Waals surface area contributed by atoms with Crippen LogP contribution < -0.4 is 10.1 Å². The predicted octanol–water partition coefficient (Wildman–Crippen LogP) is 7.08. The first-order valence-corrected chi connectivity index (χ1v) is 13.9. The first-order valence-electron chi connectivity index (χ1n) is 13.9. The Labute approximate surface area is 228 Å². The zero-order valence-electron chi connectivity index (χ0n) is 24.4. The number of aliphatic carboxylic acids is 1. The fourth-order valence-electron chi connectivity index (χ4n) is 6.13. The standard InChI is InChI=1S/C32H44N2O4/c1-10-11-18(2)34-17-25-21(5)27(23-12-13-26-29(22(23)6)33-14-15-37-26)28(20(4)24(25)16-19(34)3)30(31(35)36)38-32(7,8)9/h12-13,18,30,33H,3,10-11,14-17H2,1-2,4-9H3,(H,35,36)/t18?,30-/m0/s1. The molecule has 6 heteroatoms. The second-order valence-electron chi connectivity index (χ2n) is 11.8. The van der Waals surface area contributed by atoms with Crippen LogP contribution in [0.25, 0.3) is 11.1 Å². The Balaban J connectivity index is 2.02. The van der Waals surface area contributed by atoms with E-state index < -0.39 is 17.7 Å². The molecule has 0 bridgehead atoms. The number of anilines is 1. The van der Waals surface area contributed by atoms with E-state index in [0.29, 0.717) is 19.1 Å². The summed E-state index contributed by atoms with van der Waals surface area (Å²) in [6.45, 7) is 23.1. The van der Waals surface area contributed by atoms with Gasteiger partial charge in [0.25, 0.3) is 0 Å². The largest absolute Gasteiger partial charge is 0.490 e. The van der Waals surface area contributed by atoms with Crippen molar-refractivity contribution >= 4 is 11.7 Å². The minimum Gasteiger partial charge on any atom is -0.490 e. The van der Waals surface area contributed by atoms with Gasteiger partial charge in [0, 0.05) is 36.8 Å². The maximum absolute atomic E-state index is 12.8. The number of allylic oxidation sites excluding steroid dienone is 1. The van der Waals surface area contributed by atoms with Crippen LogP contribution in [0.15, 0.2) is 24.4 Å². The highest BCUT2D eigenvalue weighted by molar-refractivity contribution is 5.87. The van der Waals surface area contributed by atoms with E-state index in [1.54, 1.807) is 0 Å². The Hall–Kier alpha value is -2.99. The van der Waals surface area contributed by atoms with Crippen molar-refractivity contribution in [1.29, 1.82) is 0 Å². The molecule has 2 atom stereocenters. The average Bonchev–Trinajstić information content (AvgIpc) is 2.85. The number of nitrogens with one attached hydrogen (secondary N) is 1. The Morgan fingerprint density at radius 3 is 2.53 bits per heavy atom. The van der Waals surface area contributed by atoms with Crippen molar-refractivity contribution in [3.05, 3.63) is 57.8 Å². The van der Waals surface area contributed by atoms with Crippen LogP contribution in [-0.4, -0.2) is 40.8 Å². The molecule has 0 saturated heterocycles. The van der Waals surface area contributed by atoms with Crippen LogP contribution in [0, 0.1) is 20.8 Å². The van der Waals surface area contributed by atoms with Gasteiger partial charge in [-0.15, -0.1) is 0 Å². The molecule has 0 saturated carbocycles. The van der Waals surface area contributed by atoms with Gasteiger partial charge in [-0.3, -0.25) is 0 Å². The zero-order chi connectivity index (χ0) is 27.9. The Kier molecular flexibility index (Phi) is 7.85. The molecule has 2 heterocycles.